The van der Waals surface area contributed by atoms with Crippen molar-refractivity contribution in [2.75, 3.05) is 12.4 Å². The van der Waals surface area contributed by atoms with Gasteiger partial charge in [0.25, 0.3) is 0 Å². The molecular weight excluding hydrogens is 347 g/mol. The van der Waals surface area contributed by atoms with Crippen LogP contribution in [-0.4, -0.2) is 27.8 Å². The van der Waals surface area contributed by atoms with Crippen molar-refractivity contribution in [2.45, 2.75) is 25.8 Å². The lowest BCUT2D eigenvalue weighted by molar-refractivity contribution is -0.116. The number of aryl methyl sites for hydroxylation is 1. The minimum Gasteiger partial charge on any atom is -0.497 e. The summed E-state index contributed by atoms with van der Waals surface area (Å²) in [7, 11) is 1.61. The van der Waals surface area contributed by atoms with Gasteiger partial charge in [-0.1, -0.05) is 12.1 Å². The Morgan fingerprint density at radius 1 is 1.26 bits per heavy atom. The molecule has 0 unspecified atom stereocenters. The summed E-state index contributed by atoms with van der Waals surface area (Å²) in [6, 6.07) is 11.9. The van der Waals surface area contributed by atoms with Gasteiger partial charge >= 0.3 is 0 Å². The number of nitrogens with zero attached hydrogens (tertiary/aromatic N) is 3. The molecule has 0 spiro atoms. The molecule has 3 aromatic rings. The molecule has 0 bridgehead atoms. The van der Waals surface area contributed by atoms with E-state index in [9.17, 15) is 9.18 Å². The highest BCUT2D eigenvalue weighted by molar-refractivity contribution is 5.95. The van der Waals surface area contributed by atoms with Gasteiger partial charge in [-0.25, -0.2) is 14.1 Å². The number of aromatic nitrogens is 3. The quantitative estimate of drug-likeness (QED) is 0.770. The van der Waals surface area contributed by atoms with Crippen LogP contribution in [0, 0.1) is 12.7 Å². The number of amides is 1. The average Bonchev–Trinajstić information content (AvgIpc) is 3.02. The van der Waals surface area contributed by atoms with Crippen molar-refractivity contribution in [3.8, 4) is 5.75 Å². The maximum atomic E-state index is 13.2. The zero-order chi connectivity index (χ0) is 19.0. The van der Waals surface area contributed by atoms with E-state index in [4.69, 9.17) is 4.74 Å². The molecule has 0 radical (unpaired) electrons. The Balaban J connectivity index is 1.75. The fraction of sp³-hybridized carbons (Fsp3) is 0.250. The second-order valence-corrected chi connectivity index (χ2v) is 6.56. The molecule has 2 heterocycles. The summed E-state index contributed by atoms with van der Waals surface area (Å²) in [5, 5.41) is 7.39. The molecule has 1 atom stereocenters. The highest BCUT2D eigenvalue weighted by atomic mass is 19.1. The van der Waals surface area contributed by atoms with Crippen LogP contribution >= 0.6 is 0 Å². The number of rotatable bonds is 4. The van der Waals surface area contributed by atoms with E-state index >= 15 is 0 Å². The first kappa shape index (κ1) is 17.2. The molecule has 1 N–H and O–H groups in total. The molecule has 6 nitrogen and oxygen atoms in total. The van der Waals surface area contributed by atoms with E-state index in [0.717, 1.165) is 22.6 Å². The van der Waals surface area contributed by atoms with Gasteiger partial charge in [-0.3, -0.25) is 4.79 Å². The number of nitrogens with one attached hydrogen (secondary N) is 1. The molecule has 0 fully saturated rings. The number of anilines is 1. The maximum Gasteiger partial charge on any atom is 0.225 e. The molecule has 0 saturated carbocycles. The Morgan fingerprint density at radius 3 is 2.78 bits per heavy atom. The number of ether oxygens (including phenoxy) is 1. The predicted octanol–water partition coefficient (Wildman–Crippen LogP) is 3.26. The summed E-state index contributed by atoms with van der Waals surface area (Å²) in [6.07, 6.45) is 0.279. The molecule has 0 aliphatic carbocycles. The first-order chi connectivity index (χ1) is 13.0. The maximum absolute atomic E-state index is 13.2. The fourth-order valence-corrected chi connectivity index (χ4v) is 3.41. The second-order valence-electron chi connectivity index (χ2n) is 6.56. The van der Waals surface area contributed by atoms with Gasteiger partial charge in [0, 0.05) is 12.1 Å². The molecule has 27 heavy (non-hydrogen) atoms. The smallest absolute Gasteiger partial charge is 0.225 e. The van der Waals surface area contributed by atoms with Gasteiger partial charge in [0.1, 0.15) is 23.2 Å². The van der Waals surface area contributed by atoms with Crippen LogP contribution in [0.25, 0.3) is 0 Å². The second kappa shape index (κ2) is 6.83. The van der Waals surface area contributed by atoms with E-state index in [1.807, 2.05) is 25.1 Å². The minimum absolute atomic E-state index is 0.0633. The monoisotopic (exact) mass is 366 g/mol. The molecule has 4 rings (SSSR count). The van der Waals surface area contributed by atoms with Crippen LogP contribution in [0.5, 0.6) is 5.75 Å². The van der Waals surface area contributed by atoms with Crippen molar-refractivity contribution in [3.05, 3.63) is 71.1 Å². The van der Waals surface area contributed by atoms with Crippen LogP contribution in [0.2, 0.25) is 0 Å². The lowest BCUT2D eigenvalue weighted by atomic mass is 9.89. The van der Waals surface area contributed by atoms with Gasteiger partial charge in [-0.15, -0.1) is 0 Å². The number of carbonyl (C=O) groups is 1. The lowest BCUT2D eigenvalue weighted by Crippen LogP contribution is -2.25. The van der Waals surface area contributed by atoms with Crippen molar-refractivity contribution in [1.82, 2.24) is 14.8 Å². The first-order valence-corrected chi connectivity index (χ1v) is 8.67. The predicted molar refractivity (Wildman–Crippen MR) is 98.3 cm³/mol. The molecule has 138 valence electrons. The van der Waals surface area contributed by atoms with E-state index in [-0.39, 0.29) is 24.1 Å². The minimum atomic E-state index is -0.279. The number of benzene rings is 2. The number of carbonyl (C=O) groups excluding carboxylic acids is 1. The van der Waals surface area contributed by atoms with Crippen LogP contribution in [0.3, 0.4) is 0 Å². The van der Waals surface area contributed by atoms with E-state index in [1.54, 1.807) is 23.9 Å². The zero-order valence-corrected chi connectivity index (χ0v) is 15.1. The molecule has 1 aliphatic heterocycles. The Bertz CT molecular complexity index is 998. The van der Waals surface area contributed by atoms with Crippen molar-refractivity contribution in [3.63, 3.8) is 0 Å². The van der Waals surface area contributed by atoms with E-state index in [0.29, 0.717) is 18.2 Å². The standard InChI is InChI=1S/C20H19FN4O2/c1-12-22-20(25(24-12)11-13-3-5-14(21)6-4-13)17-10-19(26)23-18-8-7-15(27-2)9-16(17)18/h3-9,17H,10-11H2,1-2H3,(H,23,26)/t17-/m0/s1. The number of hydrogen-bond donors (Lipinski definition) is 1. The van der Waals surface area contributed by atoms with Crippen LogP contribution in [0.15, 0.2) is 42.5 Å². The number of methoxy groups -OCH3 is 1. The topological polar surface area (TPSA) is 69.0 Å². The van der Waals surface area contributed by atoms with Gasteiger partial charge in [0.05, 0.1) is 19.6 Å². The van der Waals surface area contributed by atoms with Crippen molar-refractivity contribution < 1.29 is 13.9 Å². The van der Waals surface area contributed by atoms with Crippen LogP contribution in [-0.2, 0) is 11.3 Å². The van der Waals surface area contributed by atoms with E-state index < -0.39 is 0 Å². The van der Waals surface area contributed by atoms with Crippen molar-refractivity contribution in [2.24, 2.45) is 0 Å². The zero-order valence-electron chi connectivity index (χ0n) is 15.1. The molecule has 2 aromatic carbocycles. The molecule has 0 saturated heterocycles. The SMILES string of the molecule is COc1ccc2c(c1)[C@@H](c1nc(C)nn1Cc1ccc(F)cc1)CC(=O)N2. The molecule has 1 aliphatic rings. The third-order valence-electron chi connectivity index (χ3n) is 4.66. The number of fused-ring (bicyclic) bond motifs is 1. The van der Waals surface area contributed by atoms with Crippen LogP contribution in [0.4, 0.5) is 10.1 Å². The normalized spacial score (nSPS) is 16.0. The largest absolute Gasteiger partial charge is 0.497 e. The van der Waals surface area contributed by atoms with Crippen molar-refractivity contribution in [1.29, 1.82) is 0 Å². The summed E-state index contributed by atoms with van der Waals surface area (Å²) >= 11 is 0. The Labute approximate surface area is 156 Å². The summed E-state index contributed by atoms with van der Waals surface area (Å²) in [4.78, 5) is 16.8. The highest BCUT2D eigenvalue weighted by Gasteiger charge is 2.31. The van der Waals surface area contributed by atoms with Gasteiger partial charge in [0.2, 0.25) is 5.91 Å². The van der Waals surface area contributed by atoms with Gasteiger partial charge in [0.15, 0.2) is 0 Å². The highest BCUT2D eigenvalue weighted by Crippen LogP contribution is 2.38. The van der Waals surface area contributed by atoms with Crippen LogP contribution < -0.4 is 10.1 Å². The third-order valence-corrected chi connectivity index (χ3v) is 4.66. The lowest BCUT2D eigenvalue weighted by Gasteiger charge is -2.25. The summed E-state index contributed by atoms with van der Waals surface area (Å²) in [5.74, 6) is 1.48. The summed E-state index contributed by atoms with van der Waals surface area (Å²) in [5.41, 5.74) is 2.61. The summed E-state index contributed by atoms with van der Waals surface area (Å²) < 4.78 is 20.3. The fourth-order valence-electron chi connectivity index (χ4n) is 3.41. The number of halogens is 1. The first-order valence-electron chi connectivity index (χ1n) is 8.67. The molecule has 1 amide bonds. The van der Waals surface area contributed by atoms with Gasteiger partial charge in [-0.2, -0.15) is 5.10 Å². The van der Waals surface area contributed by atoms with Crippen molar-refractivity contribution >= 4 is 11.6 Å². The Hall–Kier alpha value is -3.22. The Morgan fingerprint density at radius 2 is 2.04 bits per heavy atom. The number of hydrogen-bond acceptors (Lipinski definition) is 4. The van der Waals surface area contributed by atoms with Gasteiger partial charge < -0.3 is 10.1 Å². The average molecular weight is 366 g/mol. The third kappa shape index (κ3) is 3.40. The Kier molecular flexibility index (Phi) is 4.35. The molecular formula is C20H19FN4O2. The van der Waals surface area contributed by atoms with Gasteiger partial charge in [-0.05, 0) is 48.4 Å². The summed E-state index contributed by atoms with van der Waals surface area (Å²) in [6.45, 7) is 2.27. The molecule has 1 aromatic heterocycles. The van der Waals surface area contributed by atoms with Crippen LogP contribution in [0.1, 0.15) is 35.1 Å². The van der Waals surface area contributed by atoms with E-state index in [1.165, 1.54) is 12.1 Å². The molecule has 7 heteroatoms. The van der Waals surface area contributed by atoms with E-state index in [2.05, 4.69) is 15.4 Å².